The summed E-state index contributed by atoms with van der Waals surface area (Å²) in [6.45, 7) is 6.87. The Morgan fingerprint density at radius 3 is 2.30 bits per heavy atom. The second-order valence-electron chi connectivity index (χ2n) is 5.23. The van der Waals surface area contributed by atoms with Crippen molar-refractivity contribution in [1.29, 1.82) is 0 Å². The fourth-order valence-corrected chi connectivity index (χ4v) is 3.35. The maximum atomic E-state index is 2.55. The molecule has 0 aromatic heterocycles. The van der Waals surface area contributed by atoms with Crippen LogP contribution in [0.5, 0.6) is 0 Å². The van der Waals surface area contributed by atoms with Crippen LogP contribution in [0.15, 0.2) is 35.7 Å². The minimum Gasteiger partial charge on any atom is -0.294 e. The second kappa shape index (κ2) is 8.38. The van der Waals surface area contributed by atoms with Crippen LogP contribution < -0.4 is 0 Å². The van der Waals surface area contributed by atoms with Gasteiger partial charge < -0.3 is 0 Å². The van der Waals surface area contributed by atoms with Gasteiger partial charge >= 0.3 is 0 Å². The van der Waals surface area contributed by atoms with E-state index in [1.54, 1.807) is 0 Å². The third-order valence-corrected chi connectivity index (χ3v) is 4.40. The highest BCUT2D eigenvalue weighted by atomic mass is 32.2. The average Bonchev–Trinajstić information content (AvgIpc) is 2.98. The fraction of sp³-hybridized carbons (Fsp3) is 0.529. The molecule has 0 saturated carbocycles. The van der Waals surface area contributed by atoms with Crippen LogP contribution in [0, 0.1) is 0 Å². The molecule has 0 radical (unpaired) electrons. The van der Waals surface area contributed by atoms with Crippen molar-refractivity contribution in [3.63, 3.8) is 0 Å². The predicted octanol–water partition coefficient (Wildman–Crippen LogP) is 4.81. The zero-order chi connectivity index (χ0) is 14.2. The van der Waals surface area contributed by atoms with Crippen molar-refractivity contribution < 1.29 is 0 Å². The third kappa shape index (κ3) is 4.03. The van der Waals surface area contributed by atoms with Crippen LogP contribution in [-0.4, -0.2) is 29.0 Å². The third-order valence-electron chi connectivity index (χ3n) is 3.62. The highest BCUT2D eigenvalue weighted by Crippen LogP contribution is 2.32. The van der Waals surface area contributed by atoms with Crippen molar-refractivity contribution in [2.75, 3.05) is 19.0 Å². The van der Waals surface area contributed by atoms with E-state index in [0.717, 1.165) is 5.88 Å². The first-order chi connectivity index (χ1) is 9.86. The summed E-state index contributed by atoms with van der Waals surface area (Å²) in [7, 11) is 0. The number of nitrogens with zero attached hydrogens (tertiary/aromatic N) is 2. The monoisotopic (exact) mass is 290 g/mol. The molecule has 0 N–H and O–H groups in total. The minimum absolute atomic E-state index is 1.05. The number of thioether (sulfide) groups is 1. The summed E-state index contributed by atoms with van der Waals surface area (Å²) in [6, 6.07) is 10.8. The van der Waals surface area contributed by atoms with Gasteiger partial charge in [0.05, 0.1) is 11.6 Å². The second-order valence-corrected chi connectivity index (χ2v) is 6.05. The summed E-state index contributed by atoms with van der Waals surface area (Å²) >= 11 is 1.90. The van der Waals surface area contributed by atoms with Gasteiger partial charge in [-0.2, -0.15) is 0 Å². The summed E-state index contributed by atoms with van der Waals surface area (Å²) in [5.41, 5.74) is 2.69. The van der Waals surface area contributed by atoms with Crippen LogP contribution in [-0.2, 0) is 0 Å². The van der Waals surface area contributed by atoms with Crippen molar-refractivity contribution in [2.24, 2.45) is 0 Å². The molecule has 0 unspecified atom stereocenters. The zero-order valence-electron chi connectivity index (χ0n) is 12.7. The van der Waals surface area contributed by atoms with Crippen LogP contribution in [0.4, 0.5) is 0 Å². The Morgan fingerprint density at radius 2 is 1.70 bits per heavy atom. The average molecular weight is 290 g/mol. The van der Waals surface area contributed by atoms with Crippen LogP contribution >= 0.6 is 11.8 Å². The lowest BCUT2D eigenvalue weighted by molar-refractivity contribution is 0.0511. The van der Waals surface area contributed by atoms with E-state index in [4.69, 9.17) is 0 Å². The van der Waals surface area contributed by atoms with Crippen molar-refractivity contribution in [3.8, 4) is 0 Å². The molecule has 0 saturated heterocycles. The van der Waals surface area contributed by atoms with Crippen molar-refractivity contribution in [1.82, 2.24) is 10.0 Å². The largest absolute Gasteiger partial charge is 0.294 e. The van der Waals surface area contributed by atoms with Gasteiger partial charge in [-0.3, -0.25) is 5.01 Å². The molecule has 1 aliphatic rings. The quantitative estimate of drug-likeness (QED) is 0.678. The summed E-state index contributed by atoms with van der Waals surface area (Å²) in [6.07, 6.45) is 5.06. The molecule has 1 heterocycles. The van der Waals surface area contributed by atoms with Crippen LogP contribution in [0.25, 0.3) is 5.70 Å². The van der Waals surface area contributed by atoms with Crippen molar-refractivity contribution in [3.05, 3.63) is 41.3 Å². The number of hydrogen-bond acceptors (Lipinski definition) is 3. The molecule has 3 heteroatoms. The molecular formula is C17H26N2S. The van der Waals surface area contributed by atoms with E-state index in [1.807, 2.05) is 11.8 Å². The number of rotatable bonds is 8. The molecular weight excluding hydrogens is 264 g/mol. The molecule has 1 aromatic rings. The molecule has 1 aliphatic heterocycles. The number of unbranched alkanes of at least 4 members (excludes halogenated alkanes) is 2. The molecule has 0 fully saturated rings. The van der Waals surface area contributed by atoms with E-state index < -0.39 is 0 Å². The Labute approximate surface area is 127 Å². The van der Waals surface area contributed by atoms with Gasteiger partial charge in [-0.25, -0.2) is 5.01 Å². The maximum absolute atomic E-state index is 2.55. The van der Waals surface area contributed by atoms with Crippen molar-refractivity contribution >= 4 is 17.5 Å². The standard InChI is InChI=1S/C17H26N2S/c1-3-5-12-18(13-6-4-2)19-15-20-14-17(19)16-10-8-7-9-11-16/h7-11,14H,3-6,12-13,15H2,1-2H3. The molecule has 0 amide bonds. The van der Waals surface area contributed by atoms with E-state index in [2.05, 4.69) is 59.6 Å². The lowest BCUT2D eigenvalue weighted by Gasteiger charge is -2.35. The molecule has 20 heavy (non-hydrogen) atoms. The van der Waals surface area contributed by atoms with Crippen LogP contribution in [0.3, 0.4) is 0 Å². The molecule has 0 bridgehead atoms. The van der Waals surface area contributed by atoms with Crippen LogP contribution in [0.2, 0.25) is 0 Å². The highest BCUT2D eigenvalue weighted by Gasteiger charge is 2.22. The normalized spacial score (nSPS) is 14.9. The van der Waals surface area contributed by atoms with E-state index in [0.29, 0.717) is 0 Å². The summed E-state index contributed by atoms with van der Waals surface area (Å²) in [4.78, 5) is 0. The van der Waals surface area contributed by atoms with Gasteiger partial charge in [-0.05, 0) is 23.8 Å². The van der Waals surface area contributed by atoms with Crippen LogP contribution in [0.1, 0.15) is 45.1 Å². The maximum Gasteiger partial charge on any atom is 0.0843 e. The number of hydrogen-bond donors (Lipinski definition) is 0. The Hall–Kier alpha value is -0.930. The topological polar surface area (TPSA) is 6.48 Å². The van der Waals surface area contributed by atoms with Gasteiger partial charge in [0.2, 0.25) is 0 Å². The van der Waals surface area contributed by atoms with Crippen molar-refractivity contribution in [2.45, 2.75) is 39.5 Å². The van der Waals surface area contributed by atoms with E-state index in [9.17, 15) is 0 Å². The van der Waals surface area contributed by atoms with Gasteiger partial charge in [-0.15, -0.1) is 11.8 Å². The molecule has 2 rings (SSSR count). The zero-order valence-corrected chi connectivity index (χ0v) is 13.5. The first-order valence-corrected chi connectivity index (χ1v) is 8.81. The smallest absolute Gasteiger partial charge is 0.0843 e. The predicted molar refractivity (Wildman–Crippen MR) is 90.1 cm³/mol. The fourth-order valence-electron chi connectivity index (χ4n) is 2.41. The Bertz CT molecular complexity index is 408. The first kappa shape index (κ1) is 15.5. The van der Waals surface area contributed by atoms with Gasteiger partial charge in [0, 0.05) is 13.1 Å². The molecule has 0 spiro atoms. The van der Waals surface area contributed by atoms with Gasteiger partial charge in [0.25, 0.3) is 0 Å². The molecule has 110 valence electrons. The lowest BCUT2D eigenvalue weighted by Crippen LogP contribution is -2.41. The highest BCUT2D eigenvalue weighted by molar-refractivity contribution is 8.02. The van der Waals surface area contributed by atoms with E-state index >= 15 is 0 Å². The lowest BCUT2D eigenvalue weighted by atomic mass is 10.2. The Morgan fingerprint density at radius 1 is 1.05 bits per heavy atom. The summed E-state index contributed by atoms with van der Waals surface area (Å²) in [5.74, 6) is 1.05. The van der Waals surface area contributed by atoms with E-state index in [-0.39, 0.29) is 0 Å². The van der Waals surface area contributed by atoms with Gasteiger partial charge in [0.15, 0.2) is 0 Å². The van der Waals surface area contributed by atoms with Gasteiger partial charge in [-0.1, -0.05) is 57.0 Å². The first-order valence-electron chi connectivity index (χ1n) is 7.76. The minimum atomic E-state index is 1.05. The molecule has 1 aromatic carbocycles. The SMILES string of the molecule is CCCCN(CCCC)N1CSC=C1c1ccccc1. The summed E-state index contributed by atoms with van der Waals surface area (Å²) < 4.78 is 0. The molecule has 0 aliphatic carbocycles. The Balaban J connectivity index is 2.09. The molecule has 2 nitrogen and oxygen atoms in total. The number of benzene rings is 1. The van der Waals surface area contributed by atoms with Gasteiger partial charge in [0.1, 0.15) is 0 Å². The van der Waals surface area contributed by atoms with E-state index in [1.165, 1.54) is 50.0 Å². The Kier molecular flexibility index (Phi) is 6.48. The molecule has 0 atom stereocenters. The summed E-state index contributed by atoms with van der Waals surface area (Å²) in [5, 5.41) is 7.33. The number of hydrazine groups is 1.